The predicted octanol–water partition coefficient (Wildman–Crippen LogP) is 5.70. The molecule has 0 radical (unpaired) electrons. The summed E-state index contributed by atoms with van der Waals surface area (Å²) in [7, 11) is 0. The SMILES string of the molecule is O=C(NCc1ccc(Cl)cc1Cl)c1ccc([C@@H]2SCC(=O)N2Cc2ccccc2)cc1. The number of carbonyl (C=O) groups is 2. The second-order valence-electron chi connectivity index (χ2n) is 7.21. The average Bonchev–Trinajstić information content (AvgIpc) is 3.14. The molecule has 0 aromatic heterocycles. The summed E-state index contributed by atoms with van der Waals surface area (Å²) in [4.78, 5) is 26.9. The van der Waals surface area contributed by atoms with Gasteiger partial charge in [0, 0.05) is 28.7 Å². The Hall–Kier alpha value is -2.47. The first-order valence-electron chi connectivity index (χ1n) is 9.78. The van der Waals surface area contributed by atoms with E-state index in [1.54, 1.807) is 42.1 Å². The fourth-order valence-electron chi connectivity index (χ4n) is 3.42. The van der Waals surface area contributed by atoms with Crippen molar-refractivity contribution in [1.82, 2.24) is 10.2 Å². The molecule has 1 atom stereocenters. The summed E-state index contributed by atoms with van der Waals surface area (Å²) in [5.74, 6) is 0.399. The first-order valence-corrected chi connectivity index (χ1v) is 11.6. The Morgan fingerprint density at radius 1 is 1.03 bits per heavy atom. The van der Waals surface area contributed by atoms with Crippen LogP contribution in [-0.4, -0.2) is 22.5 Å². The number of benzene rings is 3. The monoisotopic (exact) mass is 470 g/mol. The zero-order valence-corrected chi connectivity index (χ0v) is 18.9. The zero-order valence-electron chi connectivity index (χ0n) is 16.6. The normalized spacial score (nSPS) is 15.9. The summed E-state index contributed by atoms with van der Waals surface area (Å²) in [6.07, 6.45) is 0. The predicted molar refractivity (Wildman–Crippen MR) is 126 cm³/mol. The number of amides is 2. The molecule has 1 fully saturated rings. The number of halogens is 2. The van der Waals surface area contributed by atoms with Gasteiger partial charge in [-0.25, -0.2) is 0 Å². The highest BCUT2D eigenvalue weighted by Gasteiger charge is 2.32. The molecule has 1 aliphatic heterocycles. The van der Waals surface area contributed by atoms with E-state index < -0.39 is 0 Å². The first kappa shape index (κ1) is 21.8. The molecule has 4 rings (SSSR count). The minimum absolute atomic E-state index is 0.0577. The molecule has 1 aliphatic rings. The van der Waals surface area contributed by atoms with Gasteiger partial charge in [0.25, 0.3) is 5.91 Å². The minimum atomic E-state index is -0.186. The van der Waals surface area contributed by atoms with E-state index in [-0.39, 0.29) is 17.2 Å². The van der Waals surface area contributed by atoms with Crippen molar-refractivity contribution in [3.05, 3.63) is 105 Å². The van der Waals surface area contributed by atoms with Crippen LogP contribution in [0.4, 0.5) is 0 Å². The van der Waals surface area contributed by atoms with Gasteiger partial charge in [0.2, 0.25) is 5.91 Å². The lowest BCUT2D eigenvalue weighted by Gasteiger charge is -2.24. The first-order chi connectivity index (χ1) is 15.0. The topological polar surface area (TPSA) is 49.4 Å². The number of nitrogens with one attached hydrogen (secondary N) is 1. The quantitative estimate of drug-likeness (QED) is 0.502. The third-order valence-electron chi connectivity index (χ3n) is 5.08. The third kappa shape index (κ3) is 5.24. The van der Waals surface area contributed by atoms with Crippen LogP contribution in [0.1, 0.15) is 32.4 Å². The Morgan fingerprint density at radius 3 is 2.48 bits per heavy atom. The zero-order chi connectivity index (χ0) is 21.8. The standard InChI is InChI=1S/C24H20Cl2N2O2S/c25-20-11-10-19(21(26)12-20)13-27-23(30)17-6-8-18(9-7-17)24-28(22(29)15-31-24)14-16-4-2-1-3-5-16/h1-12,24H,13-15H2,(H,27,30)/t24-/m0/s1. The molecule has 0 spiro atoms. The number of rotatable bonds is 6. The maximum atomic E-state index is 12.5. The van der Waals surface area contributed by atoms with Crippen LogP contribution in [0, 0.1) is 0 Å². The van der Waals surface area contributed by atoms with Gasteiger partial charge in [-0.15, -0.1) is 11.8 Å². The van der Waals surface area contributed by atoms with Crippen LogP contribution in [-0.2, 0) is 17.9 Å². The number of hydrogen-bond acceptors (Lipinski definition) is 3. The number of hydrogen-bond donors (Lipinski definition) is 1. The molecule has 7 heteroatoms. The lowest BCUT2D eigenvalue weighted by molar-refractivity contribution is -0.128. The molecule has 0 saturated carbocycles. The van der Waals surface area contributed by atoms with Gasteiger partial charge in [0.1, 0.15) is 5.37 Å². The van der Waals surface area contributed by atoms with Gasteiger partial charge < -0.3 is 10.2 Å². The Bertz CT molecular complexity index is 1090. The van der Waals surface area contributed by atoms with Crippen molar-refractivity contribution >= 4 is 46.8 Å². The fraction of sp³-hybridized carbons (Fsp3) is 0.167. The van der Waals surface area contributed by atoms with E-state index in [2.05, 4.69) is 5.32 Å². The van der Waals surface area contributed by atoms with Crippen molar-refractivity contribution < 1.29 is 9.59 Å². The summed E-state index contributed by atoms with van der Waals surface area (Å²) in [5.41, 5.74) is 3.45. The van der Waals surface area contributed by atoms with Crippen molar-refractivity contribution in [3.63, 3.8) is 0 Å². The van der Waals surface area contributed by atoms with E-state index in [0.29, 0.717) is 34.5 Å². The molecule has 3 aromatic carbocycles. The van der Waals surface area contributed by atoms with E-state index in [9.17, 15) is 9.59 Å². The second kappa shape index (κ2) is 9.77. The molecular weight excluding hydrogens is 451 g/mol. The number of carbonyl (C=O) groups excluding carboxylic acids is 2. The molecule has 0 bridgehead atoms. The number of nitrogens with zero attached hydrogens (tertiary/aromatic N) is 1. The summed E-state index contributed by atoms with van der Waals surface area (Å²) >= 11 is 13.7. The molecule has 31 heavy (non-hydrogen) atoms. The summed E-state index contributed by atoms with van der Waals surface area (Å²) in [6, 6.07) is 22.6. The molecule has 1 heterocycles. The van der Waals surface area contributed by atoms with Crippen molar-refractivity contribution in [2.75, 3.05) is 5.75 Å². The molecule has 3 aromatic rings. The highest BCUT2D eigenvalue weighted by atomic mass is 35.5. The van der Waals surface area contributed by atoms with Crippen LogP contribution >= 0.6 is 35.0 Å². The molecule has 2 amide bonds. The van der Waals surface area contributed by atoms with Crippen LogP contribution in [0.15, 0.2) is 72.8 Å². The lowest BCUT2D eigenvalue weighted by Crippen LogP contribution is -2.27. The Kier molecular flexibility index (Phi) is 6.86. The summed E-state index contributed by atoms with van der Waals surface area (Å²) < 4.78 is 0. The maximum absolute atomic E-state index is 12.5. The fourth-order valence-corrected chi connectivity index (χ4v) is 5.09. The van der Waals surface area contributed by atoms with Crippen LogP contribution in [0.2, 0.25) is 10.0 Å². The van der Waals surface area contributed by atoms with Gasteiger partial charge >= 0.3 is 0 Å². The Labute approximate surface area is 195 Å². The van der Waals surface area contributed by atoms with Gasteiger partial charge in [0.05, 0.1) is 5.75 Å². The molecule has 158 valence electrons. The molecule has 1 saturated heterocycles. The van der Waals surface area contributed by atoms with Gasteiger partial charge in [-0.3, -0.25) is 9.59 Å². The van der Waals surface area contributed by atoms with E-state index in [4.69, 9.17) is 23.2 Å². The van der Waals surface area contributed by atoms with Crippen LogP contribution in [0.5, 0.6) is 0 Å². The van der Waals surface area contributed by atoms with Crippen LogP contribution in [0.25, 0.3) is 0 Å². The highest BCUT2D eigenvalue weighted by molar-refractivity contribution is 8.00. The van der Waals surface area contributed by atoms with E-state index in [1.807, 2.05) is 47.4 Å². The molecule has 0 unspecified atom stereocenters. The molecule has 1 N–H and O–H groups in total. The van der Waals surface area contributed by atoms with E-state index >= 15 is 0 Å². The largest absolute Gasteiger partial charge is 0.348 e. The van der Waals surface area contributed by atoms with Crippen LogP contribution < -0.4 is 5.32 Å². The van der Waals surface area contributed by atoms with Crippen molar-refractivity contribution in [2.24, 2.45) is 0 Å². The van der Waals surface area contributed by atoms with Crippen molar-refractivity contribution in [1.29, 1.82) is 0 Å². The lowest BCUT2D eigenvalue weighted by atomic mass is 10.1. The van der Waals surface area contributed by atoms with Crippen molar-refractivity contribution in [3.8, 4) is 0 Å². The number of thioether (sulfide) groups is 1. The van der Waals surface area contributed by atoms with Gasteiger partial charge in [-0.1, -0.05) is 71.7 Å². The average molecular weight is 471 g/mol. The highest BCUT2D eigenvalue weighted by Crippen LogP contribution is 2.39. The van der Waals surface area contributed by atoms with Crippen LogP contribution in [0.3, 0.4) is 0 Å². The molecule has 0 aliphatic carbocycles. The van der Waals surface area contributed by atoms with E-state index in [1.165, 1.54) is 0 Å². The van der Waals surface area contributed by atoms with Gasteiger partial charge in [0.15, 0.2) is 0 Å². The summed E-state index contributed by atoms with van der Waals surface area (Å²) in [5, 5.41) is 3.89. The van der Waals surface area contributed by atoms with Gasteiger partial charge in [-0.05, 0) is 41.0 Å². The Balaban J connectivity index is 1.42. The molecule has 4 nitrogen and oxygen atoms in total. The molecular formula is C24H20Cl2N2O2S. The third-order valence-corrected chi connectivity index (χ3v) is 6.92. The maximum Gasteiger partial charge on any atom is 0.251 e. The van der Waals surface area contributed by atoms with Gasteiger partial charge in [-0.2, -0.15) is 0 Å². The minimum Gasteiger partial charge on any atom is -0.348 e. The second-order valence-corrected chi connectivity index (χ2v) is 9.12. The Morgan fingerprint density at radius 2 is 1.77 bits per heavy atom. The van der Waals surface area contributed by atoms with Crippen molar-refractivity contribution in [2.45, 2.75) is 18.5 Å². The smallest absolute Gasteiger partial charge is 0.251 e. The van der Waals surface area contributed by atoms with E-state index in [0.717, 1.165) is 16.7 Å². The summed E-state index contributed by atoms with van der Waals surface area (Å²) in [6.45, 7) is 0.885.